The summed E-state index contributed by atoms with van der Waals surface area (Å²) in [6.45, 7) is 5.84. The third-order valence-corrected chi connectivity index (χ3v) is 7.43. The zero-order chi connectivity index (χ0) is 25.1. The van der Waals surface area contributed by atoms with Crippen LogP contribution in [0.4, 0.5) is 11.4 Å². The number of carbonyl (C=O) groups excluding carboxylic acids is 2. The van der Waals surface area contributed by atoms with Crippen LogP contribution in [0.3, 0.4) is 0 Å². The lowest BCUT2D eigenvalue weighted by molar-refractivity contribution is -0.117. The van der Waals surface area contributed by atoms with Crippen LogP contribution in [0.15, 0.2) is 77.3 Å². The molecule has 1 atom stereocenters. The van der Waals surface area contributed by atoms with Gasteiger partial charge in [0.25, 0.3) is 5.91 Å². The van der Waals surface area contributed by atoms with Gasteiger partial charge in [0.05, 0.1) is 5.25 Å². The van der Waals surface area contributed by atoms with E-state index in [1.807, 2.05) is 81.4 Å². The summed E-state index contributed by atoms with van der Waals surface area (Å²) in [5.41, 5.74) is 5.07. The number of carbonyl (C=O) groups is 2. The molecule has 5 nitrogen and oxygen atoms in total. The molecule has 1 aliphatic rings. The predicted molar refractivity (Wildman–Crippen MR) is 142 cm³/mol. The Morgan fingerprint density at radius 3 is 2.26 bits per heavy atom. The zero-order valence-electron chi connectivity index (χ0n) is 19.6. The van der Waals surface area contributed by atoms with Gasteiger partial charge in [-0.05, 0) is 68.7 Å². The Morgan fingerprint density at radius 2 is 1.66 bits per heavy atom. The molecular formula is C28H24ClN3O2S. The van der Waals surface area contributed by atoms with Crippen LogP contribution >= 0.6 is 23.4 Å². The molecule has 3 aromatic rings. The van der Waals surface area contributed by atoms with Crippen molar-refractivity contribution < 1.29 is 9.59 Å². The summed E-state index contributed by atoms with van der Waals surface area (Å²) in [7, 11) is 0. The highest BCUT2D eigenvalue weighted by molar-refractivity contribution is 8.05. The summed E-state index contributed by atoms with van der Waals surface area (Å²) in [5, 5.41) is 13.2. The van der Waals surface area contributed by atoms with Gasteiger partial charge in [0, 0.05) is 16.4 Å². The standard InChI is InChI=1S/C28H24ClN3O2S/c1-17-4-10-21(11-5-17)31-26(33)23(16-30)28-32(22-12-6-18(2)7-13-22)27(34)25(35-28)15-20-9-8-19(3)24(29)14-20/h4-14,25H,15H2,1-3H3,(H,31,33)/b28-23+. The van der Waals surface area contributed by atoms with E-state index in [1.165, 1.54) is 16.7 Å². The fourth-order valence-electron chi connectivity index (χ4n) is 3.72. The Hall–Kier alpha value is -3.53. The third-order valence-electron chi connectivity index (χ3n) is 5.76. The van der Waals surface area contributed by atoms with E-state index in [9.17, 15) is 14.9 Å². The second kappa shape index (κ2) is 10.4. The fraction of sp³-hybridized carbons (Fsp3) is 0.179. The monoisotopic (exact) mass is 501 g/mol. The summed E-state index contributed by atoms with van der Waals surface area (Å²) in [4.78, 5) is 28.2. The van der Waals surface area contributed by atoms with Gasteiger partial charge in [-0.1, -0.05) is 70.9 Å². The van der Waals surface area contributed by atoms with E-state index in [1.54, 1.807) is 12.1 Å². The molecule has 0 aromatic heterocycles. The highest BCUT2D eigenvalue weighted by atomic mass is 35.5. The molecule has 1 aliphatic heterocycles. The number of rotatable bonds is 5. The second-order valence-corrected chi connectivity index (χ2v) is 10.1. The minimum atomic E-state index is -0.553. The molecule has 7 heteroatoms. The summed E-state index contributed by atoms with van der Waals surface area (Å²) in [5.74, 6) is -0.732. The van der Waals surface area contributed by atoms with E-state index < -0.39 is 11.2 Å². The Balaban J connectivity index is 1.72. The average molecular weight is 502 g/mol. The van der Waals surface area contributed by atoms with E-state index in [2.05, 4.69) is 5.32 Å². The summed E-state index contributed by atoms with van der Waals surface area (Å²) in [6.07, 6.45) is 0.424. The van der Waals surface area contributed by atoms with E-state index in [4.69, 9.17) is 11.6 Å². The van der Waals surface area contributed by atoms with Gasteiger partial charge in [-0.2, -0.15) is 5.26 Å². The molecular weight excluding hydrogens is 478 g/mol. The van der Waals surface area contributed by atoms with E-state index >= 15 is 0 Å². The first-order valence-electron chi connectivity index (χ1n) is 11.1. The van der Waals surface area contributed by atoms with Crippen molar-refractivity contribution in [1.29, 1.82) is 5.26 Å². The van der Waals surface area contributed by atoms with Crippen LogP contribution < -0.4 is 10.2 Å². The van der Waals surface area contributed by atoms with E-state index in [0.29, 0.717) is 27.8 Å². The van der Waals surface area contributed by atoms with Crippen molar-refractivity contribution in [2.45, 2.75) is 32.4 Å². The number of nitrogens with one attached hydrogen (secondary N) is 1. The molecule has 0 radical (unpaired) electrons. The lowest BCUT2D eigenvalue weighted by Gasteiger charge is -2.19. The highest BCUT2D eigenvalue weighted by Gasteiger charge is 2.40. The van der Waals surface area contributed by atoms with Crippen molar-refractivity contribution in [3.05, 3.63) is 105 Å². The van der Waals surface area contributed by atoms with Crippen LogP contribution in [0.5, 0.6) is 0 Å². The number of thioether (sulfide) groups is 1. The lowest BCUT2D eigenvalue weighted by atomic mass is 10.1. The minimum Gasteiger partial charge on any atom is -0.321 e. The first-order chi connectivity index (χ1) is 16.8. The van der Waals surface area contributed by atoms with Crippen LogP contribution in [0.25, 0.3) is 0 Å². The number of anilines is 2. The largest absolute Gasteiger partial charge is 0.321 e. The van der Waals surface area contributed by atoms with Crippen LogP contribution in [-0.4, -0.2) is 17.1 Å². The Kier molecular flexibility index (Phi) is 7.30. The third kappa shape index (κ3) is 5.43. The summed E-state index contributed by atoms with van der Waals surface area (Å²) < 4.78 is 0. The molecule has 1 heterocycles. The SMILES string of the molecule is Cc1ccc(NC(=O)/C(C#N)=C2/SC(Cc3ccc(C)c(Cl)c3)C(=O)N2c2ccc(C)cc2)cc1. The molecule has 176 valence electrons. The van der Waals surface area contributed by atoms with Gasteiger partial charge in [0.15, 0.2) is 0 Å². The first-order valence-corrected chi connectivity index (χ1v) is 12.4. The maximum atomic E-state index is 13.6. The number of benzene rings is 3. The number of amides is 2. The maximum Gasteiger partial charge on any atom is 0.269 e. The van der Waals surface area contributed by atoms with Crippen molar-refractivity contribution in [3.8, 4) is 6.07 Å². The summed E-state index contributed by atoms with van der Waals surface area (Å²) in [6, 6.07) is 22.5. The van der Waals surface area contributed by atoms with Crippen molar-refractivity contribution in [2.75, 3.05) is 10.2 Å². The quantitative estimate of drug-likeness (QED) is 0.327. The highest BCUT2D eigenvalue weighted by Crippen LogP contribution is 2.42. The van der Waals surface area contributed by atoms with Crippen LogP contribution in [0, 0.1) is 32.1 Å². The number of aryl methyl sites for hydroxylation is 3. The maximum absolute atomic E-state index is 13.6. The molecule has 2 amide bonds. The molecule has 0 saturated carbocycles. The van der Waals surface area contributed by atoms with E-state index in [-0.39, 0.29) is 11.5 Å². The molecule has 1 N–H and O–H groups in total. The van der Waals surface area contributed by atoms with Crippen LogP contribution in [0.2, 0.25) is 5.02 Å². The van der Waals surface area contributed by atoms with Crippen molar-refractivity contribution in [3.63, 3.8) is 0 Å². The average Bonchev–Trinajstić information content (AvgIpc) is 3.14. The van der Waals surface area contributed by atoms with E-state index in [0.717, 1.165) is 22.3 Å². The van der Waals surface area contributed by atoms with Crippen molar-refractivity contribution in [2.24, 2.45) is 0 Å². The smallest absolute Gasteiger partial charge is 0.269 e. The number of nitriles is 1. The lowest BCUT2D eigenvalue weighted by Crippen LogP contribution is -2.30. The Labute approximate surface area is 214 Å². The molecule has 1 saturated heterocycles. The predicted octanol–water partition coefficient (Wildman–Crippen LogP) is 6.33. The van der Waals surface area contributed by atoms with Gasteiger partial charge in [0.2, 0.25) is 5.91 Å². The Bertz CT molecular complexity index is 1360. The van der Waals surface area contributed by atoms with Gasteiger partial charge in [-0.15, -0.1) is 0 Å². The van der Waals surface area contributed by atoms with Crippen LogP contribution in [0.1, 0.15) is 22.3 Å². The van der Waals surface area contributed by atoms with Gasteiger partial charge in [0.1, 0.15) is 16.7 Å². The minimum absolute atomic E-state index is 0.103. The van der Waals surface area contributed by atoms with Gasteiger partial charge < -0.3 is 5.32 Å². The van der Waals surface area contributed by atoms with Gasteiger partial charge in [-0.25, -0.2) is 0 Å². The van der Waals surface area contributed by atoms with Gasteiger partial charge >= 0.3 is 0 Å². The first kappa shape index (κ1) is 24.6. The van der Waals surface area contributed by atoms with Crippen LogP contribution in [-0.2, 0) is 16.0 Å². The normalized spacial score (nSPS) is 16.7. The molecule has 1 fully saturated rings. The zero-order valence-corrected chi connectivity index (χ0v) is 21.2. The number of hydrogen-bond donors (Lipinski definition) is 1. The van der Waals surface area contributed by atoms with Gasteiger partial charge in [-0.3, -0.25) is 14.5 Å². The number of hydrogen-bond acceptors (Lipinski definition) is 4. The summed E-state index contributed by atoms with van der Waals surface area (Å²) >= 11 is 7.53. The molecule has 0 spiro atoms. The fourth-order valence-corrected chi connectivity index (χ4v) is 5.24. The molecule has 35 heavy (non-hydrogen) atoms. The molecule has 0 bridgehead atoms. The number of nitrogens with zero attached hydrogens (tertiary/aromatic N) is 2. The molecule has 4 rings (SSSR count). The number of halogens is 1. The second-order valence-electron chi connectivity index (χ2n) is 8.52. The molecule has 3 aromatic carbocycles. The molecule has 0 aliphatic carbocycles. The van der Waals surface area contributed by atoms with Crippen molar-refractivity contribution in [1.82, 2.24) is 0 Å². The van der Waals surface area contributed by atoms with Crippen molar-refractivity contribution >= 4 is 46.6 Å². The Morgan fingerprint density at radius 1 is 1.03 bits per heavy atom. The molecule has 1 unspecified atom stereocenters. The topological polar surface area (TPSA) is 73.2 Å².